The highest BCUT2D eigenvalue weighted by molar-refractivity contribution is 5.91. The zero-order chi connectivity index (χ0) is 22.9. The number of alkyl halides is 6. The molecule has 0 aliphatic carbocycles. The van der Waals surface area contributed by atoms with E-state index in [2.05, 4.69) is 9.47 Å². The first-order valence-electron chi connectivity index (χ1n) is 8.32. The molecule has 0 amide bonds. The van der Waals surface area contributed by atoms with Crippen molar-refractivity contribution in [2.24, 2.45) is 0 Å². The van der Waals surface area contributed by atoms with Crippen LogP contribution in [0.15, 0.2) is 36.4 Å². The van der Waals surface area contributed by atoms with Gasteiger partial charge in [-0.1, -0.05) is 26.0 Å². The average molecular weight is 442 g/mol. The van der Waals surface area contributed by atoms with Crippen molar-refractivity contribution in [3.63, 3.8) is 0 Å². The largest absolute Gasteiger partial charge is 0.573 e. The van der Waals surface area contributed by atoms with Crippen LogP contribution in [0.2, 0.25) is 0 Å². The van der Waals surface area contributed by atoms with Gasteiger partial charge in [0.2, 0.25) is 0 Å². The maximum atomic E-state index is 13.6. The summed E-state index contributed by atoms with van der Waals surface area (Å²) in [5, 5.41) is 0. The Kier molecular flexibility index (Phi) is 6.63. The summed E-state index contributed by atoms with van der Waals surface area (Å²) in [5.41, 5.74) is -0.0252. The van der Waals surface area contributed by atoms with Gasteiger partial charge in [-0.3, -0.25) is 4.79 Å². The molecule has 3 nitrogen and oxygen atoms in total. The minimum Gasteiger partial charge on any atom is -0.403 e. The number of hydrogen-bond donors (Lipinski definition) is 0. The topological polar surface area (TPSA) is 35.5 Å². The molecule has 0 saturated carbocycles. The van der Waals surface area contributed by atoms with Gasteiger partial charge in [0.25, 0.3) is 0 Å². The third-order valence-electron chi connectivity index (χ3n) is 4.22. The molecule has 30 heavy (non-hydrogen) atoms. The molecule has 2 rings (SSSR count). The molecule has 0 fully saturated rings. The second kappa shape index (κ2) is 8.49. The Bertz CT molecular complexity index is 847. The predicted molar refractivity (Wildman–Crippen MR) is 88.0 cm³/mol. The van der Waals surface area contributed by atoms with Gasteiger partial charge < -0.3 is 9.47 Å². The molecule has 2 atom stereocenters. The molecule has 164 valence electrons. The molecule has 0 heterocycles. The van der Waals surface area contributed by atoms with Crippen LogP contribution < -0.4 is 9.47 Å². The Labute approximate surface area is 165 Å². The van der Waals surface area contributed by atoms with Gasteiger partial charge in [-0.15, -0.1) is 26.3 Å². The minimum atomic E-state index is -5.15. The zero-order valence-electron chi connectivity index (χ0n) is 15.4. The fourth-order valence-corrected chi connectivity index (χ4v) is 2.69. The van der Waals surface area contributed by atoms with E-state index in [4.69, 9.17) is 0 Å². The van der Waals surface area contributed by atoms with E-state index in [9.17, 15) is 39.9 Å². The zero-order valence-corrected chi connectivity index (χ0v) is 15.4. The van der Waals surface area contributed by atoms with Gasteiger partial charge in [0.1, 0.15) is 5.78 Å². The van der Waals surface area contributed by atoms with Crippen molar-refractivity contribution in [3.05, 3.63) is 59.2 Å². The number of hydrogen-bond acceptors (Lipinski definition) is 3. The van der Waals surface area contributed by atoms with Crippen LogP contribution >= 0.6 is 0 Å². The van der Waals surface area contributed by atoms with Gasteiger partial charge in [-0.05, 0) is 35.4 Å². The lowest BCUT2D eigenvalue weighted by Crippen LogP contribution is -2.20. The van der Waals surface area contributed by atoms with Crippen LogP contribution in [0.5, 0.6) is 11.5 Å². The number of benzene rings is 2. The van der Waals surface area contributed by atoms with Gasteiger partial charge in [0, 0.05) is 11.8 Å². The quantitative estimate of drug-likeness (QED) is 0.497. The predicted octanol–water partition coefficient (Wildman–Crippen LogP) is 6.24. The summed E-state index contributed by atoms with van der Waals surface area (Å²) in [6.07, 6.45) is -10.3. The molecule has 2 aromatic carbocycles. The highest BCUT2D eigenvalue weighted by atomic mass is 19.4. The van der Waals surface area contributed by atoms with Crippen LogP contribution in [0.3, 0.4) is 0 Å². The Morgan fingerprint density at radius 2 is 1.07 bits per heavy atom. The summed E-state index contributed by atoms with van der Waals surface area (Å²) < 4.78 is 108. The molecule has 11 heteroatoms. The number of Topliss-reactive ketones (excluding diaryl/α,β-unsaturated/α-hetero) is 1. The maximum Gasteiger partial charge on any atom is 0.573 e. The summed E-state index contributed by atoms with van der Waals surface area (Å²) in [6.45, 7) is 2.64. The van der Waals surface area contributed by atoms with Crippen LogP contribution in [0.4, 0.5) is 35.1 Å². The first-order chi connectivity index (χ1) is 13.7. The molecule has 0 saturated heterocycles. The summed E-state index contributed by atoms with van der Waals surface area (Å²) >= 11 is 0. The number of carbonyl (C=O) groups is 1. The van der Waals surface area contributed by atoms with E-state index in [1.165, 1.54) is 13.8 Å². The highest BCUT2D eigenvalue weighted by Gasteiger charge is 2.34. The van der Waals surface area contributed by atoms with Crippen molar-refractivity contribution >= 4 is 5.78 Å². The summed E-state index contributed by atoms with van der Waals surface area (Å²) in [4.78, 5) is 12.7. The fourth-order valence-electron chi connectivity index (χ4n) is 2.69. The molecule has 0 N–H and O–H groups in total. The first-order valence-corrected chi connectivity index (χ1v) is 8.32. The van der Waals surface area contributed by atoms with Gasteiger partial charge in [0.05, 0.1) is 0 Å². The van der Waals surface area contributed by atoms with E-state index in [0.29, 0.717) is 24.3 Å². The number of ether oxygens (including phenoxy) is 2. The molecule has 0 bridgehead atoms. The maximum absolute atomic E-state index is 13.6. The van der Waals surface area contributed by atoms with E-state index in [-0.39, 0.29) is 11.1 Å². The smallest absolute Gasteiger partial charge is 0.403 e. The SMILES string of the molecule is CC(C(=O)C(C)c1ccc(F)c(OC(F)(F)F)c1)c1ccc(F)c(OC(F)(F)F)c1. The highest BCUT2D eigenvalue weighted by Crippen LogP contribution is 2.34. The molecule has 0 aliphatic heterocycles. The van der Waals surface area contributed by atoms with E-state index >= 15 is 0 Å². The standard InChI is InChI=1S/C19H14F8O3/c1-9(11-3-5-13(20)15(7-11)29-18(22,23)24)17(28)10(2)12-4-6-14(21)16(8-12)30-19(25,26)27/h3-10H,1-2H3. The van der Waals surface area contributed by atoms with Crippen LogP contribution in [-0.4, -0.2) is 18.5 Å². The second-order valence-corrected chi connectivity index (χ2v) is 6.32. The summed E-state index contributed by atoms with van der Waals surface area (Å²) in [6, 6.07) is 4.96. The number of carbonyl (C=O) groups excluding carboxylic acids is 1. The van der Waals surface area contributed by atoms with E-state index in [0.717, 1.165) is 12.1 Å². The molecular formula is C19H14F8O3. The van der Waals surface area contributed by atoms with E-state index in [1.54, 1.807) is 0 Å². The summed E-state index contributed by atoms with van der Waals surface area (Å²) in [7, 11) is 0. The monoisotopic (exact) mass is 442 g/mol. The van der Waals surface area contributed by atoms with Gasteiger partial charge in [-0.2, -0.15) is 0 Å². The van der Waals surface area contributed by atoms with E-state index in [1.807, 2.05) is 0 Å². The molecule has 0 spiro atoms. The van der Waals surface area contributed by atoms with Crippen molar-refractivity contribution in [3.8, 4) is 11.5 Å². The van der Waals surface area contributed by atoms with Crippen LogP contribution in [0.25, 0.3) is 0 Å². The first kappa shape index (κ1) is 23.4. The normalized spacial score (nSPS) is 14.2. The number of ketones is 1. The number of rotatable bonds is 6. The molecule has 2 unspecified atom stereocenters. The van der Waals surface area contributed by atoms with Crippen LogP contribution in [0, 0.1) is 11.6 Å². The minimum absolute atomic E-state index is 0.0126. The summed E-state index contributed by atoms with van der Waals surface area (Å²) in [5.74, 6) is -7.62. The Morgan fingerprint density at radius 3 is 1.37 bits per heavy atom. The molecule has 0 radical (unpaired) electrons. The lowest BCUT2D eigenvalue weighted by molar-refractivity contribution is -0.276. The van der Waals surface area contributed by atoms with E-state index < -0.39 is 53.5 Å². The van der Waals surface area contributed by atoms with Crippen LogP contribution in [-0.2, 0) is 4.79 Å². The lowest BCUT2D eigenvalue weighted by atomic mass is 9.85. The Balaban J connectivity index is 2.28. The Hall–Kier alpha value is -2.85. The van der Waals surface area contributed by atoms with Gasteiger partial charge >= 0.3 is 12.7 Å². The van der Waals surface area contributed by atoms with Crippen molar-refractivity contribution in [1.29, 1.82) is 0 Å². The number of halogens is 8. The van der Waals surface area contributed by atoms with Gasteiger partial charge in [0.15, 0.2) is 23.1 Å². The fraction of sp³-hybridized carbons (Fsp3) is 0.316. The van der Waals surface area contributed by atoms with Crippen LogP contribution in [0.1, 0.15) is 36.8 Å². The van der Waals surface area contributed by atoms with Gasteiger partial charge in [-0.25, -0.2) is 8.78 Å². The van der Waals surface area contributed by atoms with Crippen molar-refractivity contribution in [1.82, 2.24) is 0 Å². The Morgan fingerprint density at radius 1 is 0.733 bits per heavy atom. The molecule has 2 aromatic rings. The van der Waals surface area contributed by atoms with Crippen molar-refractivity contribution in [2.45, 2.75) is 38.4 Å². The molecule has 0 aliphatic rings. The molecular weight excluding hydrogens is 428 g/mol. The van der Waals surface area contributed by atoms with Crippen molar-refractivity contribution < 1.29 is 49.4 Å². The molecule has 0 aromatic heterocycles. The third kappa shape index (κ3) is 6.07. The van der Waals surface area contributed by atoms with Crippen molar-refractivity contribution in [2.75, 3.05) is 0 Å². The lowest BCUT2D eigenvalue weighted by Gasteiger charge is -2.19. The second-order valence-electron chi connectivity index (χ2n) is 6.32. The average Bonchev–Trinajstić information content (AvgIpc) is 2.61. The third-order valence-corrected chi connectivity index (χ3v) is 4.22.